The van der Waals surface area contributed by atoms with Crippen molar-refractivity contribution in [3.8, 4) is 0 Å². The van der Waals surface area contributed by atoms with Gasteiger partial charge in [-0.15, -0.1) is 11.3 Å². The van der Waals surface area contributed by atoms with Crippen LogP contribution in [0.25, 0.3) is 0 Å². The van der Waals surface area contributed by atoms with Crippen molar-refractivity contribution in [2.24, 2.45) is 0 Å². The molecule has 1 aromatic heterocycles. The van der Waals surface area contributed by atoms with Crippen molar-refractivity contribution in [1.29, 1.82) is 0 Å². The van der Waals surface area contributed by atoms with Crippen LogP contribution in [0.2, 0.25) is 0 Å². The second-order valence-electron chi connectivity index (χ2n) is 5.05. The summed E-state index contributed by atoms with van der Waals surface area (Å²) in [5.74, 6) is -0.0318. The van der Waals surface area contributed by atoms with Gasteiger partial charge in [0.2, 0.25) is 0 Å². The van der Waals surface area contributed by atoms with Crippen LogP contribution >= 0.6 is 27.3 Å². The number of nitrogens with zero attached hydrogens (tertiary/aromatic N) is 3. The van der Waals surface area contributed by atoms with Crippen molar-refractivity contribution in [3.05, 3.63) is 20.3 Å². The third-order valence-electron chi connectivity index (χ3n) is 3.38. The van der Waals surface area contributed by atoms with E-state index in [-0.39, 0.29) is 5.91 Å². The summed E-state index contributed by atoms with van der Waals surface area (Å²) in [4.78, 5) is 14.8. The van der Waals surface area contributed by atoms with Gasteiger partial charge >= 0.3 is 0 Å². The first-order valence-electron chi connectivity index (χ1n) is 6.46. The van der Waals surface area contributed by atoms with Crippen molar-refractivity contribution in [2.45, 2.75) is 6.92 Å². The Hall–Kier alpha value is -0.480. The van der Waals surface area contributed by atoms with Gasteiger partial charge in [0.1, 0.15) is 0 Å². The molecule has 0 N–H and O–H groups in total. The standard InChI is InChI=1S/C12H18BrN3O3S2/c1-9-8-10(20-11(9)13)12(17)15-4-6-16(7-5-15)21(18,19)14(2)3/h8H,4-7H2,1-3H3. The largest absolute Gasteiger partial charge is 0.335 e. The number of thiophene rings is 1. The fraction of sp³-hybridized carbons (Fsp3) is 0.583. The van der Waals surface area contributed by atoms with Crippen molar-refractivity contribution in [3.63, 3.8) is 0 Å². The molecule has 1 fully saturated rings. The molecule has 1 aliphatic rings. The number of halogens is 1. The monoisotopic (exact) mass is 395 g/mol. The van der Waals surface area contributed by atoms with Crippen LogP contribution in [-0.4, -0.2) is 68.1 Å². The van der Waals surface area contributed by atoms with Crippen molar-refractivity contribution in [1.82, 2.24) is 13.5 Å². The highest BCUT2D eigenvalue weighted by molar-refractivity contribution is 9.11. The molecule has 9 heteroatoms. The Kier molecular flexibility index (Phi) is 5.09. The third-order valence-corrected chi connectivity index (χ3v) is 7.45. The maximum Gasteiger partial charge on any atom is 0.281 e. The molecule has 21 heavy (non-hydrogen) atoms. The van der Waals surface area contributed by atoms with E-state index in [1.54, 1.807) is 4.90 Å². The number of amides is 1. The molecule has 1 aliphatic heterocycles. The van der Waals surface area contributed by atoms with Gasteiger partial charge in [-0.2, -0.15) is 17.0 Å². The van der Waals surface area contributed by atoms with Gasteiger partial charge in [-0.05, 0) is 34.5 Å². The first-order chi connectivity index (χ1) is 9.73. The number of carbonyl (C=O) groups is 1. The topological polar surface area (TPSA) is 60.9 Å². The van der Waals surface area contributed by atoms with Gasteiger partial charge in [0.25, 0.3) is 16.1 Å². The summed E-state index contributed by atoms with van der Waals surface area (Å²) in [6.07, 6.45) is 0. The molecule has 0 unspecified atom stereocenters. The van der Waals surface area contributed by atoms with Crippen LogP contribution < -0.4 is 0 Å². The van der Waals surface area contributed by atoms with Crippen LogP contribution in [0, 0.1) is 6.92 Å². The van der Waals surface area contributed by atoms with E-state index in [9.17, 15) is 13.2 Å². The first kappa shape index (κ1) is 16.9. The van der Waals surface area contributed by atoms with Crippen molar-refractivity contribution in [2.75, 3.05) is 40.3 Å². The fourth-order valence-electron chi connectivity index (χ4n) is 2.07. The Balaban J connectivity index is 2.03. The molecule has 118 valence electrons. The SMILES string of the molecule is Cc1cc(C(=O)N2CCN(S(=O)(=O)N(C)C)CC2)sc1Br. The quantitative estimate of drug-likeness (QED) is 0.776. The molecule has 0 saturated carbocycles. The van der Waals surface area contributed by atoms with E-state index in [0.717, 1.165) is 9.35 Å². The maximum absolute atomic E-state index is 12.4. The molecule has 1 aromatic rings. The number of aryl methyl sites for hydroxylation is 1. The molecule has 0 aromatic carbocycles. The van der Waals surface area contributed by atoms with E-state index in [2.05, 4.69) is 15.9 Å². The normalized spacial score (nSPS) is 17.5. The van der Waals surface area contributed by atoms with Crippen LogP contribution in [-0.2, 0) is 10.2 Å². The average Bonchev–Trinajstić information content (AvgIpc) is 2.78. The molecule has 1 saturated heterocycles. The van der Waals surface area contributed by atoms with Gasteiger partial charge in [-0.1, -0.05) is 0 Å². The van der Waals surface area contributed by atoms with E-state index in [0.29, 0.717) is 31.1 Å². The molecule has 0 spiro atoms. The molecule has 6 nitrogen and oxygen atoms in total. The van der Waals surface area contributed by atoms with E-state index in [4.69, 9.17) is 0 Å². The predicted octanol–water partition coefficient (Wildman–Crippen LogP) is 1.38. The third kappa shape index (κ3) is 3.48. The smallest absolute Gasteiger partial charge is 0.281 e. The second-order valence-corrected chi connectivity index (χ2v) is 9.56. The average molecular weight is 396 g/mol. The van der Waals surface area contributed by atoms with Gasteiger partial charge in [0.05, 0.1) is 8.66 Å². The molecule has 0 radical (unpaired) electrons. The highest BCUT2D eigenvalue weighted by Crippen LogP contribution is 2.28. The first-order valence-corrected chi connectivity index (χ1v) is 9.47. The zero-order valence-electron chi connectivity index (χ0n) is 12.2. The zero-order chi connectivity index (χ0) is 15.8. The highest BCUT2D eigenvalue weighted by Gasteiger charge is 2.30. The summed E-state index contributed by atoms with van der Waals surface area (Å²) in [6.45, 7) is 3.44. The minimum Gasteiger partial charge on any atom is -0.335 e. The second kappa shape index (κ2) is 6.33. The summed E-state index contributed by atoms with van der Waals surface area (Å²) in [5, 5.41) is 0. The Morgan fingerprint density at radius 2 is 1.86 bits per heavy atom. The van der Waals surface area contributed by atoms with E-state index < -0.39 is 10.2 Å². The van der Waals surface area contributed by atoms with Crippen molar-refractivity contribution < 1.29 is 13.2 Å². The number of rotatable bonds is 3. The molecule has 0 atom stereocenters. The lowest BCUT2D eigenvalue weighted by molar-refractivity contribution is 0.0700. The maximum atomic E-state index is 12.4. The Morgan fingerprint density at radius 1 is 1.29 bits per heavy atom. The summed E-state index contributed by atoms with van der Waals surface area (Å²) in [7, 11) is -0.367. The molecule has 0 bridgehead atoms. The minimum absolute atomic E-state index is 0.0318. The summed E-state index contributed by atoms with van der Waals surface area (Å²) < 4.78 is 27.6. The summed E-state index contributed by atoms with van der Waals surface area (Å²) in [5.41, 5.74) is 1.04. The molecule has 2 rings (SSSR count). The Bertz CT molecular complexity index is 615. The van der Waals surface area contributed by atoms with Crippen LogP contribution in [0.3, 0.4) is 0 Å². The molecule has 1 amide bonds. The minimum atomic E-state index is -3.39. The molecular weight excluding hydrogens is 378 g/mol. The van der Waals surface area contributed by atoms with Crippen LogP contribution in [0.4, 0.5) is 0 Å². The lowest BCUT2D eigenvalue weighted by atomic mass is 10.3. The van der Waals surface area contributed by atoms with Crippen LogP contribution in [0.15, 0.2) is 9.85 Å². The Morgan fingerprint density at radius 3 is 2.29 bits per heavy atom. The number of carbonyl (C=O) groups excluding carboxylic acids is 1. The van der Waals surface area contributed by atoms with E-state index in [1.165, 1.54) is 34.0 Å². The molecular formula is C12H18BrN3O3S2. The van der Waals surface area contributed by atoms with E-state index >= 15 is 0 Å². The van der Waals surface area contributed by atoms with E-state index in [1.807, 2.05) is 13.0 Å². The lowest BCUT2D eigenvalue weighted by Gasteiger charge is -2.34. The molecule has 2 heterocycles. The number of hydrogen-bond acceptors (Lipinski definition) is 4. The number of piperazine rings is 1. The van der Waals surface area contributed by atoms with Crippen LogP contribution in [0.5, 0.6) is 0 Å². The zero-order valence-corrected chi connectivity index (χ0v) is 15.4. The van der Waals surface area contributed by atoms with Gasteiger partial charge in [-0.3, -0.25) is 4.79 Å². The number of hydrogen-bond donors (Lipinski definition) is 0. The highest BCUT2D eigenvalue weighted by atomic mass is 79.9. The molecule has 0 aliphatic carbocycles. The van der Waals surface area contributed by atoms with Crippen molar-refractivity contribution >= 4 is 43.4 Å². The predicted molar refractivity (Wildman–Crippen MR) is 86.8 cm³/mol. The summed E-state index contributed by atoms with van der Waals surface area (Å²) in [6, 6.07) is 1.86. The fourth-order valence-corrected chi connectivity index (χ4v) is 4.66. The van der Waals surface area contributed by atoms with Gasteiger partial charge in [0, 0.05) is 40.3 Å². The van der Waals surface area contributed by atoms with Crippen LogP contribution in [0.1, 0.15) is 15.2 Å². The van der Waals surface area contributed by atoms with Gasteiger partial charge in [0.15, 0.2) is 0 Å². The summed E-state index contributed by atoms with van der Waals surface area (Å²) >= 11 is 4.83. The van der Waals surface area contributed by atoms with Gasteiger partial charge in [-0.25, -0.2) is 0 Å². The Labute approximate surface area is 137 Å². The lowest BCUT2D eigenvalue weighted by Crippen LogP contribution is -2.52. The van der Waals surface area contributed by atoms with Gasteiger partial charge < -0.3 is 4.90 Å².